The largest absolute Gasteiger partial charge is 0.478 e. The van der Waals surface area contributed by atoms with E-state index in [0.29, 0.717) is 18.6 Å². The zero-order valence-electron chi connectivity index (χ0n) is 28.0. The van der Waals surface area contributed by atoms with Crippen LogP contribution >= 0.6 is 0 Å². The van der Waals surface area contributed by atoms with E-state index in [-0.39, 0.29) is 39.5 Å². The van der Waals surface area contributed by atoms with E-state index in [1.165, 1.54) is 0 Å². The van der Waals surface area contributed by atoms with E-state index in [1.54, 1.807) is 12.1 Å². The number of aromatic carboxylic acids is 1. The summed E-state index contributed by atoms with van der Waals surface area (Å²) in [4.78, 5) is 12.1. The Bertz CT molecular complexity index is 1020. The van der Waals surface area contributed by atoms with E-state index in [4.69, 9.17) is 18.0 Å². The van der Waals surface area contributed by atoms with E-state index >= 15 is 0 Å². The summed E-state index contributed by atoms with van der Waals surface area (Å²) in [5, 5.41) is 9.96. The summed E-state index contributed by atoms with van der Waals surface area (Å²) in [5.74, 6) is -0.928. The summed E-state index contributed by atoms with van der Waals surface area (Å²) in [5.41, 5.74) is 1.06. The molecule has 230 valence electrons. The van der Waals surface area contributed by atoms with Crippen LogP contribution in [0.2, 0.25) is 54.4 Å². The van der Waals surface area contributed by atoms with Crippen LogP contribution in [-0.4, -0.2) is 67.1 Å². The molecule has 1 aromatic rings. The average Bonchev–Trinajstić information content (AvgIpc) is 3.05. The van der Waals surface area contributed by atoms with Gasteiger partial charge in [-0.05, 0) is 66.0 Å². The molecule has 1 heterocycles. The third-order valence-electron chi connectivity index (χ3n) is 9.96. The Balaban J connectivity index is 2.60. The molecular weight excluding hydrogens is 553 g/mol. The molecule has 0 saturated carbocycles. The number of hydrogen-bond donors (Lipinski definition) is 1. The van der Waals surface area contributed by atoms with Crippen LogP contribution < -0.4 is 0 Å². The molecule has 0 amide bonds. The summed E-state index contributed by atoms with van der Waals surface area (Å²) in [7, 11) is -6.51. The monoisotopic (exact) mass is 610 g/mol. The highest BCUT2D eigenvalue weighted by atomic mass is 28.4. The third kappa shape index (κ3) is 8.17. The van der Waals surface area contributed by atoms with Gasteiger partial charge in [-0.1, -0.05) is 80.5 Å². The first-order valence-electron chi connectivity index (χ1n) is 14.8. The van der Waals surface area contributed by atoms with E-state index in [2.05, 4.69) is 102 Å². The zero-order valence-corrected chi connectivity index (χ0v) is 31.0. The number of carboxylic acid groups (broad SMARTS) is 1. The van der Waals surface area contributed by atoms with Crippen LogP contribution in [0.15, 0.2) is 24.3 Å². The van der Waals surface area contributed by atoms with Gasteiger partial charge in [0.15, 0.2) is 25.0 Å². The zero-order chi connectivity index (χ0) is 31.1. The second-order valence-electron chi connectivity index (χ2n) is 16.1. The molecular formula is C31H58O6Si3. The molecule has 0 radical (unpaired) electrons. The van der Waals surface area contributed by atoms with Crippen molar-refractivity contribution in [3.8, 4) is 0 Å². The number of ether oxygens (including phenoxy) is 1. The smallest absolute Gasteiger partial charge is 0.335 e. The summed E-state index contributed by atoms with van der Waals surface area (Å²) in [6.45, 7) is 34.2. The lowest BCUT2D eigenvalue weighted by Crippen LogP contribution is -2.55. The summed E-state index contributed by atoms with van der Waals surface area (Å²) >= 11 is 0. The molecule has 4 atom stereocenters. The molecule has 2 rings (SSSR count). The maximum atomic E-state index is 12.1. The Kier molecular flexibility index (Phi) is 10.7. The number of carbonyl (C=O) groups is 1. The van der Waals surface area contributed by atoms with Crippen molar-refractivity contribution >= 4 is 30.9 Å². The van der Waals surface area contributed by atoms with Gasteiger partial charge >= 0.3 is 5.97 Å². The van der Waals surface area contributed by atoms with Crippen molar-refractivity contribution in [2.75, 3.05) is 6.61 Å². The van der Waals surface area contributed by atoms with Gasteiger partial charge in [-0.2, -0.15) is 0 Å². The summed E-state index contributed by atoms with van der Waals surface area (Å²) in [6, 6.07) is 7.21. The molecule has 0 aliphatic carbocycles. The molecule has 0 bridgehead atoms. The fourth-order valence-corrected chi connectivity index (χ4v) is 7.71. The van der Waals surface area contributed by atoms with Crippen molar-refractivity contribution in [3.05, 3.63) is 35.4 Å². The SMILES string of the molecule is CC(C)(C)[Si](C)(C)OC[C@H]1O[C@@H](Cc2ccccc2C(=O)O)[C@H](O[Si](C)(C)C(C)(C)C)[C@@H]1O[Si](C)(C)C(C)(C)C. The lowest BCUT2D eigenvalue weighted by molar-refractivity contribution is -0.0160. The molecule has 1 fully saturated rings. The van der Waals surface area contributed by atoms with Crippen LogP contribution in [0.1, 0.15) is 78.2 Å². The third-order valence-corrected chi connectivity index (χ3v) is 23.4. The fourth-order valence-electron chi connectivity index (χ4n) is 4.05. The van der Waals surface area contributed by atoms with Crippen molar-refractivity contribution in [2.45, 2.75) is 148 Å². The van der Waals surface area contributed by atoms with Crippen molar-refractivity contribution < 1.29 is 27.9 Å². The number of rotatable bonds is 10. The van der Waals surface area contributed by atoms with Crippen molar-refractivity contribution in [2.24, 2.45) is 0 Å². The van der Waals surface area contributed by atoms with Gasteiger partial charge in [0.25, 0.3) is 0 Å². The molecule has 0 unspecified atom stereocenters. The average molecular weight is 611 g/mol. The lowest BCUT2D eigenvalue weighted by Gasteiger charge is -2.44. The van der Waals surface area contributed by atoms with E-state index in [0.717, 1.165) is 5.56 Å². The minimum Gasteiger partial charge on any atom is -0.478 e. The van der Waals surface area contributed by atoms with Gasteiger partial charge in [-0.25, -0.2) is 4.79 Å². The molecule has 1 aromatic carbocycles. The quantitative estimate of drug-likeness (QED) is 0.268. The topological polar surface area (TPSA) is 74.2 Å². The van der Waals surface area contributed by atoms with Crippen molar-refractivity contribution in [1.82, 2.24) is 0 Å². The van der Waals surface area contributed by atoms with Crippen LogP contribution in [0.5, 0.6) is 0 Å². The number of hydrogen-bond acceptors (Lipinski definition) is 5. The second-order valence-corrected chi connectivity index (χ2v) is 30.5. The first-order valence-corrected chi connectivity index (χ1v) is 23.5. The van der Waals surface area contributed by atoms with Gasteiger partial charge in [-0.3, -0.25) is 0 Å². The molecule has 6 nitrogen and oxygen atoms in total. The second kappa shape index (κ2) is 12.1. The van der Waals surface area contributed by atoms with Gasteiger partial charge in [0.1, 0.15) is 12.2 Å². The van der Waals surface area contributed by atoms with Crippen LogP contribution in [0, 0.1) is 0 Å². The maximum absolute atomic E-state index is 12.1. The normalized spacial score (nSPS) is 23.5. The Morgan fingerprint density at radius 3 is 1.60 bits per heavy atom. The van der Waals surface area contributed by atoms with E-state index < -0.39 is 30.9 Å². The van der Waals surface area contributed by atoms with Gasteiger partial charge in [0.2, 0.25) is 0 Å². The molecule has 1 aliphatic heterocycles. The van der Waals surface area contributed by atoms with Gasteiger partial charge < -0.3 is 23.1 Å². The first kappa shape index (κ1) is 35.4. The standard InChI is InChI=1S/C31H58O6Si3/c1-29(2,3)38(10,11)34-21-25-27(37-40(14,15)31(7,8)9)26(36-39(12,13)30(4,5)6)24(35-25)20-22-18-16-17-19-23(22)28(32)33/h16-19,24-27H,20-21H2,1-15H3,(H,32,33)/t24-,25+,26-,27+/m0/s1. The molecule has 0 spiro atoms. The predicted octanol–water partition coefficient (Wildman–Crippen LogP) is 8.50. The first-order chi connectivity index (χ1) is 17.8. The summed E-state index contributed by atoms with van der Waals surface area (Å²) < 4.78 is 27.9. The fraction of sp³-hybridized carbons (Fsp3) is 0.774. The van der Waals surface area contributed by atoms with Crippen LogP contribution in [-0.2, 0) is 24.4 Å². The highest BCUT2D eigenvalue weighted by Crippen LogP contribution is 2.45. The van der Waals surface area contributed by atoms with Crippen molar-refractivity contribution in [1.29, 1.82) is 0 Å². The van der Waals surface area contributed by atoms with Crippen LogP contribution in [0.3, 0.4) is 0 Å². The molecule has 1 aliphatic rings. The highest BCUT2D eigenvalue weighted by molar-refractivity contribution is 6.75. The predicted molar refractivity (Wildman–Crippen MR) is 173 cm³/mol. The number of benzene rings is 1. The van der Waals surface area contributed by atoms with Crippen molar-refractivity contribution in [3.63, 3.8) is 0 Å². The minimum atomic E-state index is -2.24. The molecule has 1 N–H and O–H groups in total. The van der Waals surface area contributed by atoms with Gasteiger partial charge in [-0.15, -0.1) is 0 Å². The van der Waals surface area contributed by atoms with E-state index in [9.17, 15) is 9.90 Å². The number of carboxylic acids is 1. The maximum Gasteiger partial charge on any atom is 0.335 e. The van der Waals surface area contributed by atoms with Crippen LogP contribution in [0.4, 0.5) is 0 Å². The Morgan fingerprint density at radius 1 is 0.750 bits per heavy atom. The van der Waals surface area contributed by atoms with Gasteiger partial charge in [0.05, 0.1) is 24.4 Å². The summed E-state index contributed by atoms with van der Waals surface area (Å²) in [6.07, 6.45) is -0.848. The molecule has 40 heavy (non-hydrogen) atoms. The van der Waals surface area contributed by atoms with E-state index in [1.807, 2.05) is 12.1 Å². The van der Waals surface area contributed by atoms with Crippen LogP contribution in [0.25, 0.3) is 0 Å². The Morgan fingerprint density at radius 2 is 1.18 bits per heavy atom. The van der Waals surface area contributed by atoms with Gasteiger partial charge in [0, 0.05) is 6.42 Å². The minimum absolute atomic E-state index is 0.00618. The Labute approximate surface area is 247 Å². The lowest BCUT2D eigenvalue weighted by atomic mass is 9.98. The molecule has 0 aromatic heterocycles. The Hall–Kier alpha value is -0.819. The molecule has 9 heteroatoms. The highest BCUT2D eigenvalue weighted by Gasteiger charge is 2.54. The molecule has 1 saturated heterocycles.